The number of carbonyl (C=O) groups is 1. The molecular formula is C33H41F3N6O3. The molecule has 0 radical (unpaired) electrons. The lowest BCUT2D eigenvalue weighted by Gasteiger charge is -2.44. The second-order valence-corrected chi connectivity index (χ2v) is 13.4. The van der Waals surface area contributed by atoms with Crippen molar-refractivity contribution in [2.24, 2.45) is 11.3 Å². The van der Waals surface area contributed by atoms with E-state index >= 15 is 0 Å². The average Bonchev–Trinajstić information content (AvgIpc) is 3.43. The Labute approximate surface area is 260 Å². The summed E-state index contributed by atoms with van der Waals surface area (Å²) in [7, 11) is 0. The maximum atomic E-state index is 13.2. The Morgan fingerprint density at radius 1 is 1.07 bits per heavy atom. The highest BCUT2D eigenvalue weighted by atomic mass is 19.4. The van der Waals surface area contributed by atoms with Crippen LogP contribution in [0.5, 0.6) is 5.75 Å². The Balaban J connectivity index is 1.01. The van der Waals surface area contributed by atoms with Gasteiger partial charge in [0.25, 0.3) is 5.91 Å². The molecule has 3 aliphatic heterocycles. The van der Waals surface area contributed by atoms with Crippen LogP contribution >= 0.6 is 0 Å². The number of benzene rings is 1. The number of halogens is 3. The maximum Gasteiger partial charge on any atom is 0.433 e. The van der Waals surface area contributed by atoms with Crippen LogP contribution < -0.4 is 15.4 Å². The summed E-state index contributed by atoms with van der Waals surface area (Å²) in [5.74, 6) is 0.447. The van der Waals surface area contributed by atoms with Gasteiger partial charge in [-0.3, -0.25) is 9.48 Å². The fourth-order valence-corrected chi connectivity index (χ4v) is 7.48. The number of pyridine rings is 1. The van der Waals surface area contributed by atoms with Gasteiger partial charge in [-0.05, 0) is 94.0 Å². The second-order valence-electron chi connectivity index (χ2n) is 13.4. The zero-order valence-electron chi connectivity index (χ0n) is 25.5. The van der Waals surface area contributed by atoms with Crippen LogP contribution in [-0.2, 0) is 10.9 Å². The van der Waals surface area contributed by atoms with Crippen LogP contribution in [0.4, 0.5) is 18.9 Å². The quantitative estimate of drug-likeness (QED) is 0.349. The Morgan fingerprint density at radius 3 is 2.51 bits per heavy atom. The first-order chi connectivity index (χ1) is 21.7. The molecule has 4 fully saturated rings. The van der Waals surface area contributed by atoms with E-state index in [0.717, 1.165) is 48.8 Å². The topological polar surface area (TPSA) is 93.5 Å². The van der Waals surface area contributed by atoms with Crippen molar-refractivity contribution in [3.8, 4) is 5.75 Å². The predicted octanol–water partition coefficient (Wildman–Crippen LogP) is 5.68. The first-order valence-electron chi connectivity index (χ1n) is 16.3. The highest BCUT2D eigenvalue weighted by molar-refractivity contribution is 6.05. The van der Waals surface area contributed by atoms with E-state index in [1.54, 1.807) is 12.1 Å². The number of likely N-dealkylation sites (tertiary alicyclic amines) is 1. The molecular weight excluding hydrogens is 585 g/mol. The largest absolute Gasteiger partial charge is 0.483 e. The Morgan fingerprint density at radius 2 is 1.82 bits per heavy atom. The summed E-state index contributed by atoms with van der Waals surface area (Å²) in [5.41, 5.74) is 0.240. The van der Waals surface area contributed by atoms with Gasteiger partial charge in [0, 0.05) is 37.3 Å². The van der Waals surface area contributed by atoms with Crippen molar-refractivity contribution in [1.82, 2.24) is 25.0 Å². The lowest BCUT2D eigenvalue weighted by molar-refractivity contribution is -0.141. The van der Waals surface area contributed by atoms with Gasteiger partial charge in [-0.2, -0.15) is 18.3 Å². The number of hydrogen-bond acceptors (Lipinski definition) is 7. The van der Waals surface area contributed by atoms with Crippen LogP contribution in [0.1, 0.15) is 73.6 Å². The minimum atomic E-state index is -4.65. The number of fused-ring (bicyclic) bond motifs is 1. The number of aromatic nitrogens is 3. The van der Waals surface area contributed by atoms with Gasteiger partial charge in [0.2, 0.25) is 0 Å². The number of nitrogens with zero attached hydrogens (tertiary/aromatic N) is 4. The van der Waals surface area contributed by atoms with E-state index < -0.39 is 17.8 Å². The molecule has 1 saturated carbocycles. The molecule has 45 heavy (non-hydrogen) atoms. The highest BCUT2D eigenvalue weighted by Crippen LogP contribution is 2.45. The number of rotatable bonds is 7. The zero-order valence-corrected chi connectivity index (χ0v) is 25.5. The van der Waals surface area contributed by atoms with Crippen molar-refractivity contribution in [2.45, 2.75) is 69.7 Å². The van der Waals surface area contributed by atoms with Crippen molar-refractivity contribution in [1.29, 1.82) is 0 Å². The molecule has 3 saturated heterocycles. The summed E-state index contributed by atoms with van der Waals surface area (Å²) >= 11 is 0. The third-order valence-corrected chi connectivity index (χ3v) is 10.3. The van der Waals surface area contributed by atoms with Gasteiger partial charge in [-0.25, -0.2) is 4.98 Å². The zero-order chi connectivity index (χ0) is 31.0. The molecule has 0 unspecified atom stereocenters. The number of piperidine rings is 2. The molecule has 3 aromatic rings. The molecule has 2 N–H and O–H groups in total. The molecule has 0 atom stereocenters. The molecule has 242 valence electrons. The van der Waals surface area contributed by atoms with Crippen molar-refractivity contribution >= 4 is 22.5 Å². The fraction of sp³-hybridized carbons (Fsp3) is 0.606. The summed E-state index contributed by atoms with van der Waals surface area (Å²) in [5, 5.41) is 11.9. The molecule has 9 nitrogen and oxygen atoms in total. The van der Waals surface area contributed by atoms with Gasteiger partial charge in [0.1, 0.15) is 23.2 Å². The first kappa shape index (κ1) is 30.4. The van der Waals surface area contributed by atoms with Crippen molar-refractivity contribution in [3.05, 3.63) is 47.9 Å². The predicted molar refractivity (Wildman–Crippen MR) is 163 cm³/mol. The summed E-state index contributed by atoms with van der Waals surface area (Å²) in [6.45, 7) is 6.49. The number of anilines is 1. The molecule has 1 aliphatic carbocycles. The Kier molecular flexibility index (Phi) is 8.47. The van der Waals surface area contributed by atoms with Crippen molar-refractivity contribution in [2.75, 3.05) is 51.3 Å². The van der Waals surface area contributed by atoms with E-state index in [9.17, 15) is 18.0 Å². The van der Waals surface area contributed by atoms with Crippen LogP contribution in [0.2, 0.25) is 0 Å². The molecule has 5 heterocycles. The Hall–Kier alpha value is -3.22. The van der Waals surface area contributed by atoms with Crippen molar-refractivity contribution in [3.63, 3.8) is 0 Å². The molecule has 1 aromatic carbocycles. The van der Waals surface area contributed by atoms with Gasteiger partial charge in [0.05, 0.1) is 30.5 Å². The summed E-state index contributed by atoms with van der Waals surface area (Å²) in [4.78, 5) is 19.2. The van der Waals surface area contributed by atoms with E-state index in [1.165, 1.54) is 70.3 Å². The lowest BCUT2D eigenvalue weighted by atomic mass is 9.65. The lowest BCUT2D eigenvalue weighted by Crippen LogP contribution is -2.42. The van der Waals surface area contributed by atoms with E-state index in [2.05, 4.69) is 20.5 Å². The number of hydrogen-bond donors (Lipinski definition) is 2. The minimum Gasteiger partial charge on any atom is -0.483 e. The first-order valence-corrected chi connectivity index (χ1v) is 16.3. The number of carbonyl (C=O) groups excluding carboxylic acids is 1. The third-order valence-electron chi connectivity index (χ3n) is 10.3. The molecule has 12 heteroatoms. The van der Waals surface area contributed by atoms with E-state index in [4.69, 9.17) is 14.6 Å². The van der Waals surface area contributed by atoms with Crippen LogP contribution in [-0.4, -0.2) is 77.6 Å². The molecule has 2 aromatic heterocycles. The monoisotopic (exact) mass is 626 g/mol. The SMILES string of the molecule is O=C(Nc1cc2cn(C3CCN(CC4CCC5(CCNCC5)CC4)CC3)nc2cc1OC1COC1)c1cccc(C(F)(F)F)n1. The standard InChI is InChI=1S/C33H41F3N6O3/c34-33(35,36)30-3-1-2-26(38-30)31(43)39-28-16-23-19-42(40-27(23)17-29(28)45-25-20-44-21-25)24-6-14-41(15-7-24)18-22-4-8-32(9-5-22)10-12-37-13-11-32/h1-3,16-17,19,22,24-25,37H,4-15,18,20-21H2,(H,39,43). The highest BCUT2D eigenvalue weighted by Gasteiger charge is 2.37. The second kappa shape index (κ2) is 12.5. The average molecular weight is 627 g/mol. The Bertz CT molecular complexity index is 1500. The van der Waals surface area contributed by atoms with Crippen LogP contribution in [0.25, 0.3) is 10.9 Å². The molecule has 0 bridgehead atoms. The van der Waals surface area contributed by atoms with Crippen LogP contribution in [0.3, 0.4) is 0 Å². The fourth-order valence-electron chi connectivity index (χ4n) is 7.48. The van der Waals surface area contributed by atoms with Crippen LogP contribution in [0.15, 0.2) is 36.5 Å². The number of nitrogens with one attached hydrogen (secondary N) is 2. The van der Waals surface area contributed by atoms with Gasteiger partial charge in [-0.1, -0.05) is 6.07 Å². The summed E-state index contributed by atoms with van der Waals surface area (Å²) < 4.78 is 52.9. The van der Waals surface area contributed by atoms with Crippen molar-refractivity contribution < 1.29 is 27.4 Å². The molecule has 7 rings (SSSR count). The maximum absolute atomic E-state index is 13.2. The smallest absolute Gasteiger partial charge is 0.433 e. The van der Waals surface area contributed by atoms with Gasteiger partial charge in [-0.15, -0.1) is 0 Å². The van der Waals surface area contributed by atoms with Gasteiger partial charge >= 0.3 is 6.18 Å². The number of ether oxygens (including phenoxy) is 2. The number of amides is 1. The molecule has 1 spiro atoms. The van der Waals surface area contributed by atoms with E-state index in [1.807, 2.05) is 10.9 Å². The third kappa shape index (κ3) is 6.83. The van der Waals surface area contributed by atoms with Gasteiger partial charge in [0.15, 0.2) is 0 Å². The summed E-state index contributed by atoms with van der Waals surface area (Å²) in [6.07, 6.45) is 7.35. The molecule has 1 amide bonds. The normalized spacial score (nSPS) is 22.0. The van der Waals surface area contributed by atoms with Gasteiger partial charge < -0.3 is 25.0 Å². The molecule has 4 aliphatic rings. The van der Waals surface area contributed by atoms with E-state index in [-0.39, 0.29) is 17.8 Å². The van der Waals surface area contributed by atoms with E-state index in [0.29, 0.717) is 30.1 Å². The minimum absolute atomic E-state index is 0.175. The van der Waals surface area contributed by atoms with Crippen LogP contribution in [0, 0.1) is 11.3 Å². The summed E-state index contributed by atoms with van der Waals surface area (Å²) in [6, 6.07) is 7.10. The number of alkyl halides is 3.